The van der Waals surface area contributed by atoms with Crippen LogP contribution >= 0.6 is 0 Å². The van der Waals surface area contributed by atoms with Gasteiger partial charge in [-0.05, 0) is 31.8 Å². The van der Waals surface area contributed by atoms with Gasteiger partial charge in [0.2, 0.25) is 0 Å². The fourth-order valence-corrected chi connectivity index (χ4v) is 1.78. The van der Waals surface area contributed by atoms with Crippen molar-refractivity contribution in [1.82, 2.24) is 0 Å². The Morgan fingerprint density at radius 2 is 1.43 bits per heavy atom. The third-order valence-corrected chi connectivity index (χ3v) is 2.70. The summed E-state index contributed by atoms with van der Waals surface area (Å²) in [6.07, 6.45) is 10.3. The SMILES string of the molecule is C=CC[NH+](CCCCC)CCCCC. The molecule has 1 N–H and O–H groups in total. The Morgan fingerprint density at radius 3 is 1.79 bits per heavy atom. The lowest BCUT2D eigenvalue weighted by atomic mass is 10.2. The minimum absolute atomic E-state index is 1.15. The van der Waals surface area contributed by atoms with Gasteiger partial charge in [-0.25, -0.2) is 0 Å². The highest BCUT2D eigenvalue weighted by Crippen LogP contribution is 1.91. The summed E-state index contributed by atoms with van der Waals surface area (Å²) < 4.78 is 0. The second-order valence-corrected chi connectivity index (χ2v) is 4.16. The van der Waals surface area contributed by atoms with Crippen molar-refractivity contribution in [2.45, 2.75) is 52.4 Å². The molecule has 0 heterocycles. The van der Waals surface area contributed by atoms with Crippen molar-refractivity contribution in [3.8, 4) is 0 Å². The fourth-order valence-electron chi connectivity index (χ4n) is 1.78. The van der Waals surface area contributed by atoms with Crippen LogP contribution in [0.2, 0.25) is 0 Å². The highest BCUT2D eigenvalue weighted by atomic mass is 15.1. The monoisotopic (exact) mass is 198 g/mol. The van der Waals surface area contributed by atoms with Gasteiger partial charge < -0.3 is 4.90 Å². The molecule has 0 aromatic carbocycles. The van der Waals surface area contributed by atoms with Crippen LogP contribution in [0.5, 0.6) is 0 Å². The van der Waals surface area contributed by atoms with Gasteiger partial charge in [-0.15, -0.1) is 0 Å². The molecule has 0 amide bonds. The van der Waals surface area contributed by atoms with Crippen molar-refractivity contribution in [2.24, 2.45) is 0 Å². The summed E-state index contributed by atoms with van der Waals surface area (Å²) in [5, 5.41) is 0. The predicted octanol–water partition coefficient (Wildman–Crippen LogP) is 2.44. The normalized spacial score (nSPS) is 10.8. The van der Waals surface area contributed by atoms with Crippen LogP contribution < -0.4 is 4.90 Å². The molecular formula is C13H28N+. The second kappa shape index (κ2) is 10.8. The fraction of sp³-hybridized carbons (Fsp3) is 0.846. The quantitative estimate of drug-likeness (QED) is 0.406. The number of hydrogen-bond donors (Lipinski definition) is 1. The summed E-state index contributed by atoms with van der Waals surface area (Å²) in [5.74, 6) is 0. The molecule has 0 saturated heterocycles. The van der Waals surface area contributed by atoms with Crippen LogP contribution in [0.4, 0.5) is 0 Å². The van der Waals surface area contributed by atoms with E-state index in [9.17, 15) is 0 Å². The lowest BCUT2D eigenvalue weighted by Gasteiger charge is -2.17. The topological polar surface area (TPSA) is 4.44 Å². The van der Waals surface area contributed by atoms with Gasteiger partial charge in [-0.1, -0.05) is 33.3 Å². The lowest BCUT2D eigenvalue weighted by Crippen LogP contribution is -3.11. The minimum Gasteiger partial charge on any atom is -0.332 e. The molecule has 0 aliphatic rings. The van der Waals surface area contributed by atoms with E-state index in [0.29, 0.717) is 0 Å². The Labute approximate surface area is 90.2 Å². The van der Waals surface area contributed by atoms with Crippen molar-refractivity contribution in [3.63, 3.8) is 0 Å². The van der Waals surface area contributed by atoms with E-state index >= 15 is 0 Å². The number of unbranched alkanes of at least 4 members (excludes halogenated alkanes) is 4. The molecule has 0 radical (unpaired) electrons. The second-order valence-electron chi connectivity index (χ2n) is 4.16. The maximum atomic E-state index is 3.84. The molecule has 0 aliphatic heterocycles. The molecule has 14 heavy (non-hydrogen) atoms. The summed E-state index contributed by atoms with van der Waals surface area (Å²) >= 11 is 0. The number of nitrogens with one attached hydrogen (secondary N) is 1. The third kappa shape index (κ3) is 8.31. The molecule has 0 rings (SSSR count). The zero-order valence-corrected chi connectivity index (χ0v) is 10.1. The van der Waals surface area contributed by atoms with Gasteiger partial charge in [0, 0.05) is 0 Å². The first-order valence-electron chi connectivity index (χ1n) is 6.29. The molecular weight excluding hydrogens is 170 g/mol. The Bertz CT molecular complexity index is 110. The largest absolute Gasteiger partial charge is 0.332 e. The van der Waals surface area contributed by atoms with Crippen molar-refractivity contribution >= 4 is 0 Å². The molecule has 0 atom stereocenters. The zero-order chi connectivity index (χ0) is 10.6. The van der Waals surface area contributed by atoms with Crippen LogP contribution in [-0.4, -0.2) is 19.6 Å². The Hall–Kier alpha value is -0.300. The summed E-state index contributed by atoms with van der Waals surface area (Å²) in [4.78, 5) is 1.72. The van der Waals surface area contributed by atoms with Gasteiger partial charge in [0.05, 0.1) is 19.6 Å². The van der Waals surface area contributed by atoms with Gasteiger partial charge >= 0.3 is 0 Å². The molecule has 0 saturated carbocycles. The highest BCUT2D eigenvalue weighted by Gasteiger charge is 2.04. The number of quaternary nitrogens is 1. The first-order chi connectivity index (χ1) is 6.85. The molecule has 0 bridgehead atoms. The minimum atomic E-state index is 1.15. The van der Waals surface area contributed by atoms with Gasteiger partial charge in [-0.2, -0.15) is 0 Å². The van der Waals surface area contributed by atoms with E-state index in [2.05, 4.69) is 26.5 Å². The molecule has 0 aromatic rings. The molecule has 0 unspecified atom stereocenters. The van der Waals surface area contributed by atoms with Gasteiger partial charge in [0.15, 0.2) is 0 Å². The highest BCUT2D eigenvalue weighted by molar-refractivity contribution is 4.62. The van der Waals surface area contributed by atoms with E-state index in [1.807, 2.05) is 0 Å². The van der Waals surface area contributed by atoms with E-state index in [-0.39, 0.29) is 0 Å². The smallest absolute Gasteiger partial charge is 0.0955 e. The predicted molar refractivity (Wildman–Crippen MR) is 64.8 cm³/mol. The standard InChI is InChI=1S/C13H27N/c1-4-7-9-12-14(11-6-3)13-10-8-5-2/h6H,3-5,7-13H2,1-2H3/p+1. The summed E-state index contributed by atoms with van der Waals surface area (Å²) in [6, 6.07) is 0. The van der Waals surface area contributed by atoms with Crippen LogP contribution in [0.1, 0.15) is 52.4 Å². The van der Waals surface area contributed by atoms with E-state index in [0.717, 1.165) is 6.54 Å². The summed E-state index contributed by atoms with van der Waals surface area (Å²) in [7, 11) is 0. The van der Waals surface area contributed by atoms with Crippen molar-refractivity contribution in [3.05, 3.63) is 12.7 Å². The van der Waals surface area contributed by atoms with E-state index in [1.165, 1.54) is 51.6 Å². The average molecular weight is 198 g/mol. The Kier molecular flexibility index (Phi) is 10.5. The molecule has 0 aliphatic carbocycles. The van der Waals surface area contributed by atoms with Crippen LogP contribution in [-0.2, 0) is 0 Å². The molecule has 1 heteroatoms. The zero-order valence-electron chi connectivity index (χ0n) is 10.1. The van der Waals surface area contributed by atoms with Crippen molar-refractivity contribution in [1.29, 1.82) is 0 Å². The van der Waals surface area contributed by atoms with Crippen LogP contribution in [0, 0.1) is 0 Å². The van der Waals surface area contributed by atoms with Crippen LogP contribution in [0.3, 0.4) is 0 Å². The van der Waals surface area contributed by atoms with E-state index in [1.54, 1.807) is 4.90 Å². The van der Waals surface area contributed by atoms with Gasteiger partial charge in [0.25, 0.3) is 0 Å². The maximum Gasteiger partial charge on any atom is 0.0955 e. The molecule has 84 valence electrons. The van der Waals surface area contributed by atoms with Gasteiger partial charge in [0.1, 0.15) is 0 Å². The number of hydrogen-bond acceptors (Lipinski definition) is 0. The molecule has 0 spiro atoms. The summed E-state index contributed by atoms with van der Waals surface area (Å²) in [6.45, 7) is 12.2. The number of rotatable bonds is 10. The Balaban J connectivity index is 3.49. The lowest BCUT2D eigenvalue weighted by molar-refractivity contribution is -0.894. The van der Waals surface area contributed by atoms with Gasteiger partial charge in [-0.3, -0.25) is 0 Å². The van der Waals surface area contributed by atoms with Crippen molar-refractivity contribution < 1.29 is 4.90 Å². The Morgan fingerprint density at radius 1 is 0.929 bits per heavy atom. The first-order valence-corrected chi connectivity index (χ1v) is 6.29. The van der Waals surface area contributed by atoms with Crippen molar-refractivity contribution in [2.75, 3.05) is 19.6 Å². The average Bonchev–Trinajstić information content (AvgIpc) is 2.18. The van der Waals surface area contributed by atoms with Crippen LogP contribution in [0.25, 0.3) is 0 Å². The molecule has 0 aromatic heterocycles. The third-order valence-electron chi connectivity index (χ3n) is 2.70. The van der Waals surface area contributed by atoms with Crippen LogP contribution in [0.15, 0.2) is 12.7 Å². The molecule has 1 nitrogen and oxygen atoms in total. The first kappa shape index (κ1) is 13.7. The summed E-state index contributed by atoms with van der Waals surface area (Å²) in [5.41, 5.74) is 0. The molecule has 0 fully saturated rings. The maximum absolute atomic E-state index is 3.84. The van der Waals surface area contributed by atoms with E-state index < -0.39 is 0 Å². The van der Waals surface area contributed by atoms with E-state index in [4.69, 9.17) is 0 Å².